The van der Waals surface area contributed by atoms with E-state index >= 15 is 0 Å². The van der Waals surface area contributed by atoms with Crippen LogP contribution in [0.25, 0.3) is 11.1 Å². The second-order valence-corrected chi connectivity index (χ2v) is 8.24. The van der Waals surface area contributed by atoms with Crippen molar-refractivity contribution < 1.29 is 27.5 Å². The molecule has 0 atom stereocenters. The molecule has 3 rings (SSSR count). The molecule has 0 radical (unpaired) electrons. The number of aromatic nitrogens is 1. The predicted molar refractivity (Wildman–Crippen MR) is 126 cm³/mol. The molecule has 1 aromatic heterocycles. The van der Waals surface area contributed by atoms with E-state index in [1.165, 1.54) is 24.1 Å². The number of hydrogen-bond donors (Lipinski definition) is 0. The van der Waals surface area contributed by atoms with Crippen LogP contribution in [0.15, 0.2) is 60.8 Å². The SMILES string of the molecule is CCOC(=O)Cc1cc(-c2ccc(C(F)(F)F)cc2CN(Cc2ccccc2)C(C)=O)cnc1Cl. The van der Waals surface area contributed by atoms with Gasteiger partial charge in [-0.3, -0.25) is 9.59 Å². The van der Waals surface area contributed by atoms with Crippen molar-refractivity contribution in [2.75, 3.05) is 6.61 Å². The van der Waals surface area contributed by atoms with Crippen molar-refractivity contribution in [2.24, 2.45) is 0 Å². The van der Waals surface area contributed by atoms with E-state index in [9.17, 15) is 22.8 Å². The number of rotatable bonds is 8. The average Bonchev–Trinajstić information content (AvgIpc) is 2.80. The molecule has 9 heteroatoms. The maximum atomic E-state index is 13.5. The lowest BCUT2D eigenvalue weighted by Crippen LogP contribution is -2.28. The van der Waals surface area contributed by atoms with E-state index in [4.69, 9.17) is 16.3 Å². The summed E-state index contributed by atoms with van der Waals surface area (Å²) < 4.78 is 45.5. The van der Waals surface area contributed by atoms with Crippen LogP contribution in [0, 0.1) is 0 Å². The minimum Gasteiger partial charge on any atom is -0.466 e. The van der Waals surface area contributed by atoms with Gasteiger partial charge in [0.15, 0.2) is 0 Å². The van der Waals surface area contributed by atoms with E-state index in [1.54, 1.807) is 13.0 Å². The number of esters is 1. The second kappa shape index (κ2) is 11.4. The Labute approximate surface area is 206 Å². The Hall–Kier alpha value is -3.39. The highest BCUT2D eigenvalue weighted by molar-refractivity contribution is 6.30. The van der Waals surface area contributed by atoms with E-state index in [0.717, 1.165) is 17.7 Å². The van der Waals surface area contributed by atoms with Crippen LogP contribution in [-0.4, -0.2) is 28.4 Å². The third-order valence-corrected chi connectivity index (χ3v) is 5.66. The molecule has 0 N–H and O–H groups in total. The fourth-order valence-corrected chi connectivity index (χ4v) is 3.77. The van der Waals surface area contributed by atoms with Crippen molar-refractivity contribution in [1.82, 2.24) is 9.88 Å². The van der Waals surface area contributed by atoms with Gasteiger partial charge in [-0.2, -0.15) is 13.2 Å². The molecular weight excluding hydrogens is 481 g/mol. The normalized spacial score (nSPS) is 11.3. The first kappa shape index (κ1) is 26.2. The van der Waals surface area contributed by atoms with Crippen LogP contribution in [0.5, 0.6) is 0 Å². The predicted octanol–water partition coefficient (Wildman–Crippen LogP) is 6.08. The quantitative estimate of drug-likeness (QED) is 0.276. The number of pyridine rings is 1. The number of hydrogen-bond acceptors (Lipinski definition) is 4. The smallest absolute Gasteiger partial charge is 0.416 e. The van der Waals surface area contributed by atoms with Crippen LogP contribution in [0.3, 0.4) is 0 Å². The van der Waals surface area contributed by atoms with Crippen LogP contribution in [0.4, 0.5) is 13.2 Å². The van der Waals surface area contributed by atoms with Gasteiger partial charge in [-0.15, -0.1) is 0 Å². The number of halogens is 4. The molecule has 184 valence electrons. The second-order valence-electron chi connectivity index (χ2n) is 7.89. The fourth-order valence-electron chi connectivity index (χ4n) is 3.60. The van der Waals surface area contributed by atoms with Gasteiger partial charge in [0.2, 0.25) is 5.91 Å². The van der Waals surface area contributed by atoms with Gasteiger partial charge in [0.25, 0.3) is 0 Å². The van der Waals surface area contributed by atoms with Gasteiger partial charge in [-0.1, -0.05) is 48.0 Å². The van der Waals surface area contributed by atoms with E-state index in [2.05, 4.69) is 4.98 Å². The monoisotopic (exact) mass is 504 g/mol. The van der Waals surface area contributed by atoms with Crippen LogP contribution in [0.1, 0.15) is 36.1 Å². The summed E-state index contributed by atoms with van der Waals surface area (Å²) in [5, 5.41) is 0.102. The van der Waals surface area contributed by atoms with Crippen molar-refractivity contribution in [3.05, 3.63) is 88.2 Å². The lowest BCUT2D eigenvalue weighted by atomic mass is 9.96. The summed E-state index contributed by atoms with van der Waals surface area (Å²) in [7, 11) is 0. The summed E-state index contributed by atoms with van der Waals surface area (Å²) in [6.45, 7) is 3.43. The van der Waals surface area contributed by atoms with E-state index in [1.807, 2.05) is 30.3 Å². The maximum absolute atomic E-state index is 13.5. The zero-order valence-corrected chi connectivity index (χ0v) is 20.0. The number of alkyl halides is 3. The standard InChI is InChI=1S/C26H24ClF3N2O3/c1-3-35-24(34)13-19-11-20(14-31-25(19)27)23-10-9-22(26(28,29)30)12-21(23)16-32(17(2)33)15-18-7-5-4-6-8-18/h4-12,14H,3,13,15-16H2,1-2H3. The fraction of sp³-hybridized carbons (Fsp3) is 0.269. The molecular formula is C26H24ClF3N2O3. The lowest BCUT2D eigenvalue weighted by molar-refractivity contribution is -0.142. The third kappa shape index (κ3) is 7.05. The number of ether oxygens (including phenoxy) is 1. The van der Waals surface area contributed by atoms with Crippen molar-refractivity contribution in [2.45, 2.75) is 39.5 Å². The van der Waals surface area contributed by atoms with Crippen molar-refractivity contribution in [1.29, 1.82) is 0 Å². The molecule has 5 nitrogen and oxygen atoms in total. The van der Waals surface area contributed by atoms with E-state index in [-0.39, 0.29) is 42.7 Å². The number of nitrogens with zero attached hydrogens (tertiary/aromatic N) is 2. The Morgan fingerprint density at radius 2 is 1.74 bits per heavy atom. The summed E-state index contributed by atoms with van der Waals surface area (Å²) in [4.78, 5) is 29.9. The topological polar surface area (TPSA) is 59.5 Å². The summed E-state index contributed by atoms with van der Waals surface area (Å²) in [6, 6.07) is 14.1. The van der Waals surface area contributed by atoms with E-state index in [0.29, 0.717) is 16.7 Å². The highest BCUT2D eigenvalue weighted by Crippen LogP contribution is 2.35. The van der Waals surface area contributed by atoms with E-state index < -0.39 is 17.7 Å². The third-order valence-electron chi connectivity index (χ3n) is 5.32. The van der Waals surface area contributed by atoms with Gasteiger partial charge in [-0.05, 0) is 41.8 Å². The number of carbonyl (C=O) groups excluding carboxylic acids is 2. The molecule has 2 aromatic carbocycles. The van der Waals surface area contributed by atoms with Gasteiger partial charge in [0, 0.05) is 37.3 Å². The Bertz CT molecular complexity index is 1200. The average molecular weight is 505 g/mol. The molecule has 0 aliphatic carbocycles. The maximum Gasteiger partial charge on any atom is 0.416 e. The molecule has 0 saturated carbocycles. The van der Waals surface area contributed by atoms with Gasteiger partial charge >= 0.3 is 12.1 Å². The highest BCUT2D eigenvalue weighted by Gasteiger charge is 2.31. The summed E-state index contributed by atoms with van der Waals surface area (Å²) >= 11 is 6.15. The molecule has 0 unspecified atom stereocenters. The highest BCUT2D eigenvalue weighted by atomic mass is 35.5. The minimum absolute atomic E-state index is 0.0562. The number of amides is 1. The van der Waals surface area contributed by atoms with Crippen molar-refractivity contribution in [3.8, 4) is 11.1 Å². The molecule has 0 bridgehead atoms. The molecule has 1 heterocycles. The molecule has 3 aromatic rings. The summed E-state index contributed by atoms with van der Waals surface area (Å²) in [6.07, 6.45) is -3.25. The molecule has 0 saturated heterocycles. The lowest BCUT2D eigenvalue weighted by Gasteiger charge is -2.24. The summed E-state index contributed by atoms with van der Waals surface area (Å²) in [5.74, 6) is -0.777. The Morgan fingerprint density at radius 3 is 2.37 bits per heavy atom. The zero-order valence-electron chi connectivity index (χ0n) is 19.2. The molecule has 0 aliphatic rings. The first-order valence-electron chi connectivity index (χ1n) is 10.9. The number of benzene rings is 2. The van der Waals surface area contributed by atoms with Gasteiger partial charge in [-0.25, -0.2) is 4.98 Å². The molecule has 1 amide bonds. The molecule has 0 fully saturated rings. The minimum atomic E-state index is -4.55. The van der Waals surface area contributed by atoms with Crippen LogP contribution in [0.2, 0.25) is 5.15 Å². The van der Waals surface area contributed by atoms with Crippen LogP contribution < -0.4 is 0 Å². The van der Waals surface area contributed by atoms with Crippen molar-refractivity contribution in [3.63, 3.8) is 0 Å². The van der Waals surface area contributed by atoms with Crippen molar-refractivity contribution >= 4 is 23.5 Å². The first-order valence-corrected chi connectivity index (χ1v) is 11.3. The van der Waals surface area contributed by atoms with Crippen LogP contribution in [-0.2, 0) is 40.0 Å². The zero-order chi connectivity index (χ0) is 25.6. The Kier molecular flexibility index (Phi) is 8.51. The first-order chi connectivity index (χ1) is 16.6. The molecule has 35 heavy (non-hydrogen) atoms. The van der Waals surface area contributed by atoms with Gasteiger partial charge in [0.1, 0.15) is 5.15 Å². The van der Waals surface area contributed by atoms with Crippen LogP contribution >= 0.6 is 11.6 Å². The Balaban J connectivity index is 2.04. The van der Waals surface area contributed by atoms with Gasteiger partial charge in [0.05, 0.1) is 18.6 Å². The molecule has 0 spiro atoms. The molecule has 0 aliphatic heterocycles. The summed E-state index contributed by atoms with van der Waals surface area (Å²) in [5.41, 5.74) is 1.62. The number of carbonyl (C=O) groups is 2. The van der Waals surface area contributed by atoms with Gasteiger partial charge < -0.3 is 9.64 Å². The largest absolute Gasteiger partial charge is 0.466 e. The Morgan fingerprint density at radius 1 is 1.03 bits per heavy atom.